The lowest BCUT2D eigenvalue weighted by atomic mass is 9.81. The molecule has 0 saturated heterocycles. The highest BCUT2D eigenvalue weighted by Crippen LogP contribution is 2.75. The molecule has 0 aromatic heterocycles. The maximum absolute atomic E-state index is 15.5. The third-order valence-electron chi connectivity index (χ3n) is 18.6. The third-order valence-corrected chi connectivity index (χ3v) is 22.6. The van der Waals surface area contributed by atoms with Crippen LogP contribution in [0.2, 0.25) is 0 Å². The highest BCUT2D eigenvalue weighted by atomic mass is 79.9. The lowest BCUT2D eigenvalue weighted by molar-refractivity contribution is -0.0000238. The van der Waals surface area contributed by atoms with Gasteiger partial charge in [0.1, 0.15) is 0 Å². The van der Waals surface area contributed by atoms with Crippen molar-refractivity contribution in [2.24, 2.45) is 0 Å². The molecular weight excluding hydrogens is 1300 g/mol. The Morgan fingerprint density at radius 3 is 0.766 bits per heavy atom. The van der Waals surface area contributed by atoms with E-state index in [4.69, 9.17) is 0 Å². The van der Waals surface area contributed by atoms with Gasteiger partial charge in [0.2, 0.25) is 0 Å². The van der Waals surface area contributed by atoms with Gasteiger partial charge < -0.3 is 17.0 Å². The Morgan fingerprint density at radius 2 is 0.468 bits per heavy atom. The van der Waals surface area contributed by atoms with E-state index in [1.165, 1.54) is 12.1 Å². The number of halogens is 13. The van der Waals surface area contributed by atoms with Crippen molar-refractivity contribution in [3.05, 3.63) is 310 Å². The van der Waals surface area contributed by atoms with Crippen molar-refractivity contribution in [3.63, 3.8) is 0 Å². The van der Waals surface area contributed by atoms with E-state index in [0.29, 0.717) is 46.9 Å². The van der Waals surface area contributed by atoms with Crippen LogP contribution in [-0.2, 0) is 24.6 Å². The van der Waals surface area contributed by atoms with Gasteiger partial charge in [-0.05, 0) is 240 Å². The third kappa shape index (κ3) is 10.0. The van der Waals surface area contributed by atoms with Crippen LogP contribution in [0.1, 0.15) is 22.3 Å². The molecule has 2 aliphatic rings. The number of rotatable bonds is 6. The van der Waals surface area contributed by atoms with E-state index in [1.807, 2.05) is 84.9 Å². The zero-order chi connectivity index (χ0) is 63.9. The predicted octanol–water partition coefficient (Wildman–Crippen LogP) is 21.1. The number of hydrogen-bond donors (Lipinski definition) is 0. The van der Waals surface area contributed by atoms with Gasteiger partial charge in [0.15, 0.2) is 69.8 Å². The van der Waals surface area contributed by atoms with Gasteiger partial charge in [0, 0.05) is 18.4 Å². The average molecular weight is 1340 g/mol. The van der Waals surface area contributed by atoms with E-state index >= 15 is 35.1 Å². The molecule has 0 aliphatic carbocycles. The van der Waals surface area contributed by atoms with Crippen molar-refractivity contribution in [3.8, 4) is 89.0 Å². The Balaban J connectivity index is 0.00000729. The van der Waals surface area contributed by atoms with Gasteiger partial charge in [0.05, 0.1) is 24.6 Å². The molecule has 0 amide bonds. The Kier molecular flexibility index (Phi) is 14.8. The van der Waals surface area contributed by atoms with Gasteiger partial charge in [-0.3, -0.25) is 0 Å². The van der Waals surface area contributed by atoms with Gasteiger partial charge in [-0.25, -0.2) is 52.7 Å². The second kappa shape index (κ2) is 23.0. The summed E-state index contributed by atoms with van der Waals surface area (Å²) in [5.41, 5.74) is 9.68. The summed E-state index contributed by atoms with van der Waals surface area (Å²) in [7, 11) is -2.82. The predicted molar refractivity (Wildman–Crippen MR) is 348 cm³/mol. The molecule has 0 bridgehead atoms. The molecule has 0 unspecified atom stereocenters. The summed E-state index contributed by atoms with van der Waals surface area (Å²) >= 11 is 0. The van der Waals surface area contributed by atoms with Gasteiger partial charge in [0.25, 0.3) is 0 Å². The van der Waals surface area contributed by atoms with Crippen LogP contribution in [-0.4, -0.2) is 0 Å². The minimum Gasteiger partial charge on any atom is -1.00 e. The lowest BCUT2D eigenvalue weighted by Gasteiger charge is -2.28. The SMILES string of the molecule is Fc1cc(-c2cc(-c3cc(F)c(F)c(F)c3)cc(-c3cc4ccccc4c4c3C[P+]3(Cc5ccc6ccccc6c5-c5c(ccc6ccccc56)C3)Cc3c(-c5cc(-c6cc(F)c(F)c(F)c6)cc(-c6cc(F)c(F)c(F)c6)c5)cc5ccccc5c3-4)c2)cc(F)c1F.[Br-]. The van der Waals surface area contributed by atoms with E-state index in [9.17, 15) is 17.6 Å². The second-order valence-electron chi connectivity index (χ2n) is 24.2. The summed E-state index contributed by atoms with van der Waals surface area (Å²) in [5, 5.41) is 7.20. The largest absolute Gasteiger partial charge is 1.00 e. The molecule has 0 N–H and O–H groups in total. The maximum atomic E-state index is 15.5. The fourth-order valence-corrected chi connectivity index (χ4v) is 19.2. The van der Waals surface area contributed by atoms with Crippen LogP contribution in [0.15, 0.2) is 218 Å². The summed E-state index contributed by atoms with van der Waals surface area (Å²) < 4.78 is 183. The molecule has 2 aliphatic heterocycles. The van der Waals surface area contributed by atoms with Crippen LogP contribution >= 0.6 is 7.26 Å². The fourth-order valence-electron chi connectivity index (χ4n) is 14.5. The second-order valence-corrected chi connectivity index (χ2v) is 28.2. The molecule has 14 heteroatoms. The molecule has 14 aromatic rings. The van der Waals surface area contributed by atoms with E-state index in [0.717, 1.165) is 136 Å². The van der Waals surface area contributed by atoms with E-state index in [2.05, 4.69) is 48.5 Å². The quantitative estimate of drug-likeness (QED) is 0.0884. The first-order valence-corrected chi connectivity index (χ1v) is 32.3. The molecule has 0 nitrogen and oxygen atoms in total. The fraction of sp³-hybridized carbons (Fsp3) is 0.0500. The van der Waals surface area contributed by atoms with Crippen LogP contribution in [0.4, 0.5) is 52.7 Å². The highest BCUT2D eigenvalue weighted by molar-refractivity contribution is 7.73. The molecule has 0 atom stereocenters. The first kappa shape index (κ1) is 60.4. The van der Waals surface area contributed by atoms with Crippen LogP contribution < -0.4 is 17.0 Å². The summed E-state index contributed by atoms with van der Waals surface area (Å²) in [5.74, 6) is -18.7. The minimum atomic E-state index is -2.82. The highest BCUT2D eigenvalue weighted by Gasteiger charge is 2.47. The van der Waals surface area contributed by atoms with Crippen LogP contribution in [0.3, 0.4) is 0 Å². The number of hydrogen-bond acceptors (Lipinski definition) is 0. The van der Waals surface area contributed by atoms with Gasteiger partial charge >= 0.3 is 0 Å². The Bertz CT molecular complexity index is 5000. The minimum absolute atomic E-state index is 0. The first-order chi connectivity index (χ1) is 44.9. The Labute approximate surface area is 541 Å². The summed E-state index contributed by atoms with van der Waals surface area (Å²) in [6, 6.07) is 60.9. The number of benzene rings is 14. The zero-order valence-corrected chi connectivity index (χ0v) is 51.5. The molecule has 94 heavy (non-hydrogen) atoms. The van der Waals surface area contributed by atoms with Crippen LogP contribution in [0.25, 0.3) is 132 Å². The van der Waals surface area contributed by atoms with Crippen molar-refractivity contribution in [1.82, 2.24) is 0 Å². The topological polar surface area (TPSA) is 0 Å². The van der Waals surface area contributed by atoms with Crippen LogP contribution in [0.5, 0.6) is 0 Å². The number of fused-ring (bicyclic) bond motifs is 14. The van der Waals surface area contributed by atoms with Gasteiger partial charge in [-0.2, -0.15) is 0 Å². The lowest BCUT2D eigenvalue weighted by Crippen LogP contribution is -3.00. The van der Waals surface area contributed by atoms with Crippen molar-refractivity contribution < 1.29 is 69.7 Å². The Morgan fingerprint density at radius 1 is 0.223 bits per heavy atom. The van der Waals surface area contributed by atoms with Crippen LogP contribution in [0, 0.1) is 69.8 Å². The van der Waals surface area contributed by atoms with E-state index in [-0.39, 0.29) is 61.5 Å². The van der Waals surface area contributed by atoms with Crippen molar-refractivity contribution in [1.29, 1.82) is 0 Å². The van der Waals surface area contributed by atoms with E-state index < -0.39 is 77.1 Å². The summed E-state index contributed by atoms with van der Waals surface area (Å²) in [4.78, 5) is 0. The molecule has 1 spiro atoms. The van der Waals surface area contributed by atoms with Crippen molar-refractivity contribution in [2.75, 3.05) is 0 Å². The molecule has 0 saturated carbocycles. The maximum Gasteiger partial charge on any atom is 0.194 e. The van der Waals surface area contributed by atoms with Gasteiger partial charge in [-0.1, -0.05) is 121 Å². The zero-order valence-electron chi connectivity index (χ0n) is 49.0. The molecule has 16 rings (SSSR count). The average Bonchev–Trinajstić information content (AvgIpc) is 1.71. The Hall–Kier alpha value is -9.81. The van der Waals surface area contributed by atoms with Crippen molar-refractivity contribution in [2.45, 2.75) is 24.6 Å². The molecule has 0 radical (unpaired) electrons. The monoisotopic (exact) mass is 1340 g/mol. The standard InChI is InChI=1S/C80H44F12P.BrH/c81-65-29-51(30-66(82)77(65)89)47-21-48(52-31-67(83)78(90)68(84)32-52)24-55(23-47)61-27-43-11-3-7-15-59(43)75-63(61)39-93(37-45-19-17-41-9-1-5-13-57(41)73(45)74-46(38-93)20-18-42-10-2-6-14-58(42)74)40-64-62(28-44-12-4-8-16-60(44)76(64)75)56-25-49(53-33-69(85)79(91)70(86)34-53)22-50(26-56)54-35-71(87)80(92)72(88)36-54;/h1-36H,37-40H2;1H/q+1;/p-1. The molecular formula is C80H44BrF12P. The molecule has 0 fully saturated rings. The summed E-state index contributed by atoms with van der Waals surface area (Å²) in [6.07, 6.45) is 1.87. The van der Waals surface area contributed by atoms with Crippen molar-refractivity contribution >= 4 is 50.4 Å². The molecule has 460 valence electrons. The first-order valence-electron chi connectivity index (χ1n) is 29.8. The molecule has 14 aromatic carbocycles. The molecule has 2 heterocycles. The van der Waals surface area contributed by atoms with E-state index in [1.54, 1.807) is 24.3 Å². The normalized spacial score (nSPS) is 13.1. The van der Waals surface area contributed by atoms with Gasteiger partial charge in [-0.15, -0.1) is 0 Å². The smallest absolute Gasteiger partial charge is 0.194 e. The summed E-state index contributed by atoms with van der Waals surface area (Å²) in [6.45, 7) is 0.